The van der Waals surface area contributed by atoms with Crippen LogP contribution in [0.15, 0.2) is 15.7 Å². The highest BCUT2D eigenvalue weighted by Crippen LogP contribution is 2.17. The van der Waals surface area contributed by atoms with Gasteiger partial charge in [0, 0.05) is 13.1 Å². The van der Waals surface area contributed by atoms with Gasteiger partial charge in [-0.15, -0.1) is 0 Å². The van der Waals surface area contributed by atoms with E-state index >= 15 is 0 Å². The molecule has 2 heterocycles. The topological polar surface area (TPSA) is 95.4 Å². The molecule has 7 heteroatoms. The monoisotopic (exact) mass is 253 g/mol. The third-order valence-electron chi connectivity index (χ3n) is 3.12. The molecule has 1 aromatic heterocycles. The minimum atomic E-state index is -0.826. The third kappa shape index (κ3) is 2.15. The van der Waals surface area contributed by atoms with Crippen LogP contribution in [-0.2, 0) is 4.79 Å². The number of aromatic amines is 1. The summed E-state index contributed by atoms with van der Waals surface area (Å²) < 4.78 is 0.891. The Morgan fingerprint density at radius 1 is 1.39 bits per heavy atom. The quantitative estimate of drug-likeness (QED) is 0.737. The Balaban J connectivity index is 2.34. The van der Waals surface area contributed by atoms with Gasteiger partial charge in [-0.1, -0.05) is 0 Å². The Morgan fingerprint density at radius 2 is 2.00 bits per heavy atom. The Bertz CT molecular complexity index is 568. The van der Waals surface area contributed by atoms with Crippen LogP contribution < -0.4 is 11.2 Å². The molecule has 0 aliphatic carbocycles. The van der Waals surface area contributed by atoms with E-state index in [1.807, 2.05) is 4.98 Å². The lowest BCUT2D eigenvalue weighted by molar-refractivity contribution is -0.133. The van der Waals surface area contributed by atoms with Gasteiger partial charge in [0.1, 0.15) is 6.04 Å². The predicted octanol–water partition coefficient (Wildman–Crippen LogP) is -0.574. The first-order valence-electron chi connectivity index (χ1n) is 5.84. The second-order valence-electron chi connectivity index (χ2n) is 4.38. The van der Waals surface area contributed by atoms with Crippen LogP contribution >= 0.6 is 0 Å². The van der Waals surface area contributed by atoms with Crippen molar-refractivity contribution in [1.29, 1.82) is 0 Å². The molecule has 0 bridgehead atoms. The van der Waals surface area contributed by atoms with Gasteiger partial charge in [-0.3, -0.25) is 19.1 Å². The van der Waals surface area contributed by atoms with E-state index < -0.39 is 23.2 Å². The molecule has 1 unspecified atom stereocenters. The van der Waals surface area contributed by atoms with Gasteiger partial charge in [0.25, 0.3) is 5.56 Å². The largest absolute Gasteiger partial charge is 0.494 e. The fourth-order valence-electron chi connectivity index (χ4n) is 2.18. The van der Waals surface area contributed by atoms with Gasteiger partial charge in [0.15, 0.2) is 0 Å². The molecule has 2 rings (SSSR count). The van der Waals surface area contributed by atoms with Gasteiger partial charge in [-0.2, -0.15) is 0 Å². The van der Waals surface area contributed by atoms with Gasteiger partial charge < -0.3 is 10.0 Å². The van der Waals surface area contributed by atoms with Crippen molar-refractivity contribution in [3.8, 4) is 5.88 Å². The summed E-state index contributed by atoms with van der Waals surface area (Å²) in [6.45, 7) is 2.87. The fraction of sp³-hybridized carbons (Fsp3) is 0.545. The second kappa shape index (κ2) is 4.67. The highest BCUT2D eigenvalue weighted by atomic mass is 16.3. The standard InChI is InChI=1S/C11H15N3O4/c1-7(10(17)13-4-2-3-5-13)14-9(16)6-8(15)12-11(14)18/h6-7,16H,2-5H2,1H3,(H,12,15,18). The van der Waals surface area contributed by atoms with E-state index in [-0.39, 0.29) is 5.91 Å². The van der Waals surface area contributed by atoms with Crippen molar-refractivity contribution in [1.82, 2.24) is 14.5 Å². The van der Waals surface area contributed by atoms with E-state index in [1.54, 1.807) is 4.90 Å². The average molecular weight is 253 g/mol. The Morgan fingerprint density at radius 3 is 2.56 bits per heavy atom. The smallest absolute Gasteiger partial charge is 0.331 e. The highest BCUT2D eigenvalue weighted by molar-refractivity contribution is 5.80. The Labute approximate surface area is 103 Å². The van der Waals surface area contributed by atoms with Gasteiger partial charge in [-0.25, -0.2) is 4.79 Å². The predicted molar refractivity (Wildman–Crippen MR) is 63.5 cm³/mol. The van der Waals surface area contributed by atoms with Crippen LogP contribution in [0.25, 0.3) is 0 Å². The molecule has 1 amide bonds. The van der Waals surface area contributed by atoms with Gasteiger partial charge in [0.05, 0.1) is 6.07 Å². The maximum atomic E-state index is 12.1. The molecule has 0 aromatic carbocycles. The summed E-state index contributed by atoms with van der Waals surface area (Å²) in [6.07, 6.45) is 1.90. The first-order valence-corrected chi connectivity index (χ1v) is 5.84. The maximum absolute atomic E-state index is 12.1. The van der Waals surface area contributed by atoms with E-state index in [0.29, 0.717) is 13.1 Å². The third-order valence-corrected chi connectivity index (χ3v) is 3.12. The minimum absolute atomic E-state index is 0.225. The number of hydrogen-bond donors (Lipinski definition) is 2. The Hall–Kier alpha value is -2.05. The summed E-state index contributed by atoms with van der Waals surface area (Å²) in [4.78, 5) is 38.4. The summed E-state index contributed by atoms with van der Waals surface area (Å²) in [5.41, 5.74) is -1.46. The number of amides is 1. The molecule has 0 radical (unpaired) electrons. The molecule has 1 saturated heterocycles. The van der Waals surface area contributed by atoms with Gasteiger partial charge in [0.2, 0.25) is 11.8 Å². The van der Waals surface area contributed by atoms with Crippen LogP contribution in [0.2, 0.25) is 0 Å². The number of carbonyl (C=O) groups is 1. The maximum Gasteiger partial charge on any atom is 0.331 e. The number of nitrogens with one attached hydrogen (secondary N) is 1. The van der Waals surface area contributed by atoms with Gasteiger partial charge >= 0.3 is 5.69 Å². The molecule has 1 aliphatic heterocycles. The van der Waals surface area contributed by atoms with Gasteiger partial charge in [-0.05, 0) is 19.8 Å². The molecule has 18 heavy (non-hydrogen) atoms. The van der Waals surface area contributed by atoms with E-state index in [2.05, 4.69) is 0 Å². The summed E-state index contributed by atoms with van der Waals surface area (Å²) in [5.74, 6) is -0.722. The number of aromatic nitrogens is 2. The lowest BCUT2D eigenvalue weighted by Gasteiger charge is -2.22. The fourth-order valence-corrected chi connectivity index (χ4v) is 2.18. The van der Waals surface area contributed by atoms with Crippen molar-refractivity contribution < 1.29 is 9.90 Å². The molecule has 98 valence electrons. The highest BCUT2D eigenvalue weighted by Gasteiger charge is 2.26. The first-order chi connectivity index (χ1) is 8.50. The van der Waals surface area contributed by atoms with Crippen molar-refractivity contribution >= 4 is 5.91 Å². The zero-order valence-corrected chi connectivity index (χ0v) is 10.0. The Kier molecular flexibility index (Phi) is 3.22. The lowest BCUT2D eigenvalue weighted by Crippen LogP contribution is -2.39. The molecule has 1 aliphatic rings. The first kappa shape index (κ1) is 12.4. The minimum Gasteiger partial charge on any atom is -0.494 e. The van der Waals surface area contributed by atoms with Crippen LogP contribution in [0.5, 0.6) is 5.88 Å². The number of carbonyl (C=O) groups excluding carboxylic acids is 1. The summed E-state index contributed by atoms with van der Waals surface area (Å²) in [5, 5.41) is 9.61. The van der Waals surface area contributed by atoms with E-state index in [4.69, 9.17) is 0 Å². The van der Waals surface area contributed by atoms with Crippen molar-refractivity contribution in [2.75, 3.05) is 13.1 Å². The molecule has 1 aromatic rings. The van der Waals surface area contributed by atoms with Crippen LogP contribution in [0.3, 0.4) is 0 Å². The van der Waals surface area contributed by atoms with E-state index in [1.165, 1.54) is 6.92 Å². The molecular formula is C11H15N3O4. The van der Waals surface area contributed by atoms with Crippen LogP contribution in [0, 0.1) is 0 Å². The van der Waals surface area contributed by atoms with Crippen molar-refractivity contribution in [2.45, 2.75) is 25.8 Å². The van der Waals surface area contributed by atoms with Crippen molar-refractivity contribution in [3.05, 3.63) is 26.9 Å². The van der Waals surface area contributed by atoms with Crippen molar-refractivity contribution in [3.63, 3.8) is 0 Å². The number of likely N-dealkylation sites (tertiary alicyclic amines) is 1. The number of hydrogen-bond acceptors (Lipinski definition) is 4. The molecule has 1 fully saturated rings. The lowest BCUT2D eigenvalue weighted by atomic mass is 10.3. The van der Waals surface area contributed by atoms with Crippen LogP contribution in [-0.4, -0.2) is 38.6 Å². The summed E-state index contributed by atoms with van der Waals surface area (Å²) >= 11 is 0. The molecule has 0 saturated carbocycles. The molecule has 1 atom stereocenters. The van der Waals surface area contributed by atoms with Crippen LogP contribution in [0.1, 0.15) is 25.8 Å². The van der Waals surface area contributed by atoms with Crippen LogP contribution in [0.4, 0.5) is 0 Å². The number of nitrogens with zero attached hydrogens (tertiary/aromatic N) is 2. The zero-order valence-electron chi connectivity index (χ0n) is 10.0. The molecule has 0 spiro atoms. The summed E-state index contributed by atoms with van der Waals surface area (Å²) in [7, 11) is 0. The molecular weight excluding hydrogens is 238 g/mol. The van der Waals surface area contributed by atoms with E-state index in [9.17, 15) is 19.5 Å². The zero-order chi connectivity index (χ0) is 13.3. The SMILES string of the molecule is CC(C(=O)N1CCCC1)n1c(O)cc(=O)[nH]c1=O. The summed E-state index contributed by atoms with van der Waals surface area (Å²) in [6, 6.07) is 0.0577. The number of H-pyrrole nitrogens is 1. The average Bonchev–Trinajstić information content (AvgIpc) is 2.79. The number of rotatable bonds is 2. The van der Waals surface area contributed by atoms with E-state index in [0.717, 1.165) is 23.5 Å². The molecule has 2 N–H and O–H groups in total. The molecule has 7 nitrogen and oxygen atoms in total. The van der Waals surface area contributed by atoms with Crippen molar-refractivity contribution in [2.24, 2.45) is 0 Å². The normalized spacial score (nSPS) is 16.8. The second-order valence-corrected chi connectivity index (χ2v) is 4.38. The number of aromatic hydroxyl groups is 1.